The van der Waals surface area contributed by atoms with Gasteiger partial charge in [0.1, 0.15) is 0 Å². The lowest BCUT2D eigenvalue weighted by atomic mass is 10.0. The first-order valence-corrected chi connectivity index (χ1v) is 6.93. The van der Waals surface area contributed by atoms with Crippen molar-refractivity contribution in [1.82, 2.24) is 8.87 Å². The number of hydrogen-bond acceptors (Lipinski definition) is 3. The summed E-state index contributed by atoms with van der Waals surface area (Å²) in [5, 5.41) is 0. The summed E-state index contributed by atoms with van der Waals surface area (Å²) in [6.07, 6.45) is 3.48. The number of rotatable bonds is 3. The summed E-state index contributed by atoms with van der Waals surface area (Å²) in [5.74, 6) is 0.856. The number of carbonyl (C=O) groups excluding carboxylic acids is 1. The quantitative estimate of drug-likeness (QED) is 0.611. The summed E-state index contributed by atoms with van der Waals surface area (Å²) in [6, 6.07) is 1.99. The van der Waals surface area contributed by atoms with Crippen molar-refractivity contribution >= 4 is 18.2 Å². The minimum absolute atomic E-state index is 0.760. The lowest BCUT2D eigenvalue weighted by molar-refractivity contribution is 0.111. The second-order valence-corrected chi connectivity index (χ2v) is 6.04. The third-order valence-electron chi connectivity index (χ3n) is 3.62. The zero-order valence-electron chi connectivity index (χ0n) is 10.8. The molecule has 1 aliphatic rings. The molecule has 0 atom stereocenters. The Kier molecular flexibility index (Phi) is 3.94. The van der Waals surface area contributed by atoms with E-state index in [0.717, 1.165) is 31.0 Å². The molecule has 94 valence electrons. The molecule has 0 N–H and O–H groups in total. The Balaban J connectivity index is 2.06. The zero-order chi connectivity index (χ0) is 12.4. The highest BCUT2D eigenvalue weighted by Crippen LogP contribution is 2.31. The number of aromatic nitrogens is 1. The first-order valence-electron chi connectivity index (χ1n) is 6.16. The van der Waals surface area contributed by atoms with Gasteiger partial charge in [0.25, 0.3) is 0 Å². The van der Waals surface area contributed by atoms with Crippen molar-refractivity contribution in [3.05, 3.63) is 17.5 Å². The minimum atomic E-state index is 0.760. The Labute approximate surface area is 107 Å². The van der Waals surface area contributed by atoms with Crippen LogP contribution in [0.1, 0.15) is 35.9 Å². The van der Waals surface area contributed by atoms with Crippen LogP contribution in [0.5, 0.6) is 0 Å². The molecule has 0 saturated carbocycles. The fraction of sp³-hybridized carbons (Fsp3) is 0.615. The maximum absolute atomic E-state index is 10.9. The molecule has 0 aliphatic carbocycles. The minimum Gasteiger partial charge on any atom is -0.345 e. The predicted octanol–water partition coefficient (Wildman–Crippen LogP) is 2.89. The Morgan fingerprint density at radius 1 is 1.41 bits per heavy atom. The maximum atomic E-state index is 10.9. The van der Waals surface area contributed by atoms with Gasteiger partial charge in [0.2, 0.25) is 0 Å². The molecule has 0 aromatic carbocycles. The second-order valence-electron chi connectivity index (χ2n) is 4.90. The van der Waals surface area contributed by atoms with Crippen LogP contribution in [0, 0.1) is 12.8 Å². The molecule has 0 bridgehead atoms. The van der Waals surface area contributed by atoms with Crippen molar-refractivity contribution in [1.29, 1.82) is 0 Å². The third kappa shape index (κ3) is 2.75. The number of aldehydes is 1. The van der Waals surface area contributed by atoms with Crippen LogP contribution in [0.15, 0.2) is 11.0 Å². The lowest BCUT2D eigenvalue weighted by Crippen LogP contribution is -2.27. The molecule has 2 heterocycles. The van der Waals surface area contributed by atoms with Crippen LogP contribution in [-0.2, 0) is 7.05 Å². The van der Waals surface area contributed by atoms with E-state index in [1.807, 2.05) is 17.7 Å². The molecular formula is C13H20N2OS. The highest BCUT2D eigenvalue weighted by atomic mass is 32.2. The van der Waals surface area contributed by atoms with E-state index in [2.05, 4.69) is 18.2 Å². The molecule has 17 heavy (non-hydrogen) atoms. The van der Waals surface area contributed by atoms with Crippen molar-refractivity contribution in [2.75, 3.05) is 13.1 Å². The van der Waals surface area contributed by atoms with Crippen LogP contribution < -0.4 is 0 Å². The Morgan fingerprint density at radius 2 is 2.06 bits per heavy atom. The van der Waals surface area contributed by atoms with Gasteiger partial charge in [0.05, 0.1) is 5.69 Å². The molecule has 1 aromatic rings. The molecule has 1 aromatic heterocycles. The highest BCUT2D eigenvalue weighted by Gasteiger charge is 2.18. The second kappa shape index (κ2) is 5.27. The zero-order valence-corrected chi connectivity index (χ0v) is 11.6. The molecular weight excluding hydrogens is 232 g/mol. The van der Waals surface area contributed by atoms with Gasteiger partial charge in [-0.15, -0.1) is 0 Å². The molecule has 0 unspecified atom stereocenters. The largest absolute Gasteiger partial charge is 0.345 e. The standard InChI is InChI=1S/C13H20N2OS/c1-10-4-6-15(7-5-10)17-13-8-12(9-16)14(3)11(13)2/h8-10H,4-7H2,1-3H3. The summed E-state index contributed by atoms with van der Waals surface area (Å²) in [4.78, 5) is 12.1. The molecule has 2 rings (SSSR count). The van der Waals surface area contributed by atoms with Gasteiger partial charge in [-0.3, -0.25) is 4.79 Å². The predicted molar refractivity (Wildman–Crippen MR) is 71.4 cm³/mol. The van der Waals surface area contributed by atoms with E-state index in [1.54, 1.807) is 11.9 Å². The van der Waals surface area contributed by atoms with Crippen LogP contribution in [0.3, 0.4) is 0 Å². The van der Waals surface area contributed by atoms with Gasteiger partial charge >= 0.3 is 0 Å². The smallest absolute Gasteiger partial charge is 0.166 e. The van der Waals surface area contributed by atoms with E-state index in [0.29, 0.717) is 0 Å². The molecule has 0 spiro atoms. The Bertz CT molecular complexity index is 406. The molecule has 3 nitrogen and oxygen atoms in total. The van der Waals surface area contributed by atoms with Gasteiger partial charge < -0.3 is 4.57 Å². The number of nitrogens with zero attached hydrogens (tertiary/aromatic N) is 2. The normalized spacial score (nSPS) is 18.5. The van der Waals surface area contributed by atoms with Gasteiger partial charge in [-0.05, 0) is 43.7 Å². The summed E-state index contributed by atoms with van der Waals surface area (Å²) < 4.78 is 4.37. The van der Waals surface area contributed by atoms with Crippen LogP contribution in [0.2, 0.25) is 0 Å². The monoisotopic (exact) mass is 252 g/mol. The van der Waals surface area contributed by atoms with Crippen LogP contribution in [0.25, 0.3) is 0 Å². The van der Waals surface area contributed by atoms with Crippen molar-refractivity contribution in [3.8, 4) is 0 Å². The maximum Gasteiger partial charge on any atom is 0.166 e. The number of hydrogen-bond donors (Lipinski definition) is 0. The van der Waals surface area contributed by atoms with Crippen LogP contribution in [0.4, 0.5) is 0 Å². The van der Waals surface area contributed by atoms with Crippen molar-refractivity contribution in [3.63, 3.8) is 0 Å². The third-order valence-corrected chi connectivity index (χ3v) is 4.85. The first kappa shape index (κ1) is 12.7. The molecule has 0 amide bonds. The van der Waals surface area contributed by atoms with E-state index in [9.17, 15) is 4.79 Å². The summed E-state index contributed by atoms with van der Waals surface area (Å²) in [5.41, 5.74) is 1.94. The highest BCUT2D eigenvalue weighted by molar-refractivity contribution is 7.97. The Hall–Kier alpha value is -0.740. The van der Waals surface area contributed by atoms with Crippen LogP contribution in [-0.4, -0.2) is 28.2 Å². The summed E-state index contributed by atoms with van der Waals surface area (Å²) >= 11 is 1.80. The van der Waals surface area contributed by atoms with Crippen molar-refractivity contribution < 1.29 is 4.79 Å². The number of carbonyl (C=O) groups is 1. The topological polar surface area (TPSA) is 25.2 Å². The fourth-order valence-electron chi connectivity index (χ4n) is 2.12. The van der Waals surface area contributed by atoms with Gasteiger partial charge in [0.15, 0.2) is 6.29 Å². The molecule has 4 heteroatoms. The van der Waals surface area contributed by atoms with E-state index < -0.39 is 0 Å². The lowest BCUT2D eigenvalue weighted by Gasteiger charge is -2.28. The van der Waals surface area contributed by atoms with Gasteiger partial charge in [-0.1, -0.05) is 6.92 Å². The van der Waals surface area contributed by atoms with Gasteiger partial charge in [-0.2, -0.15) is 0 Å². The summed E-state index contributed by atoms with van der Waals surface area (Å²) in [6.45, 7) is 6.69. The SMILES string of the molecule is Cc1c(SN2CCC(C)CC2)cc(C=O)n1C. The van der Waals surface area contributed by atoms with E-state index in [-0.39, 0.29) is 0 Å². The summed E-state index contributed by atoms with van der Waals surface area (Å²) in [7, 11) is 1.95. The van der Waals surface area contributed by atoms with Gasteiger partial charge in [0, 0.05) is 30.7 Å². The van der Waals surface area contributed by atoms with Crippen molar-refractivity contribution in [2.45, 2.75) is 31.6 Å². The average Bonchev–Trinajstić information content (AvgIpc) is 2.60. The molecule has 1 fully saturated rings. The van der Waals surface area contributed by atoms with E-state index >= 15 is 0 Å². The fourth-order valence-corrected chi connectivity index (χ4v) is 3.23. The van der Waals surface area contributed by atoms with E-state index in [1.165, 1.54) is 23.4 Å². The first-order chi connectivity index (χ1) is 8.11. The van der Waals surface area contributed by atoms with E-state index in [4.69, 9.17) is 0 Å². The Morgan fingerprint density at radius 3 is 2.59 bits per heavy atom. The molecule has 1 saturated heterocycles. The van der Waals surface area contributed by atoms with Gasteiger partial charge in [-0.25, -0.2) is 4.31 Å². The van der Waals surface area contributed by atoms with Crippen molar-refractivity contribution in [2.24, 2.45) is 13.0 Å². The number of piperidine rings is 1. The molecule has 1 aliphatic heterocycles. The van der Waals surface area contributed by atoms with Crippen LogP contribution >= 0.6 is 11.9 Å². The average molecular weight is 252 g/mol. The molecule has 0 radical (unpaired) electrons.